The van der Waals surface area contributed by atoms with Crippen molar-refractivity contribution in [2.45, 2.75) is 219 Å². The summed E-state index contributed by atoms with van der Waals surface area (Å²) in [6, 6.07) is 0. The summed E-state index contributed by atoms with van der Waals surface area (Å²) < 4.78 is 17.4. The molecule has 0 aliphatic rings. The van der Waals surface area contributed by atoms with E-state index in [2.05, 4.69) is 142 Å². The largest absolute Gasteiger partial charge is 0.462 e. The molecule has 0 rings (SSSR count). The van der Waals surface area contributed by atoms with Crippen molar-refractivity contribution in [3.63, 3.8) is 0 Å². The van der Waals surface area contributed by atoms with Crippen LogP contribution in [0.1, 0.15) is 213 Å². The second-order valence-electron chi connectivity index (χ2n) is 16.7. The molecular weight excluding hydrogens is 789 g/mol. The van der Waals surface area contributed by atoms with Crippen molar-refractivity contribution in [2.24, 2.45) is 0 Å². The zero-order valence-electron chi connectivity index (χ0n) is 41.5. The van der Waals surface area contributed by atoms with Gasteiger partial charge in [0.2, 0.25) is 0 Å². The van der Waals surface area contributed by atoms with Crippen LogP contribution in [0.5, 0.6) is 0 Å². The Kier molecular flexibility index (Phi) is 50.5. The van der Waals surface area contributed by atoms with Crippen LogP contribution in [0.15, 0.2) is 122 Å². The van der Waals surface area contributed by atoms with Gasteiger partial charge in [-0.3, -0.25) is 9.59 Å². The van der Waals surface area contributed by atoms with E-state index in [0.29, 0.717) is 19.4 Å². The average molecular weight is 885 g/mol. The van der Waals surface area contributed by atoms with Crippen molar-refractivity contribution in [2.75, 3.05) is 19.8 Å². The van der Waals surface area contributed by atoms with Crippen molar-refractivity contribution in [3.8, 4) is 0 Å². The van der Waals surface area contributed by atoms with Gasteiger partial charge in [0, 0.05) is 19.4 Å². The number of hydrogen-bond acceptors (Lipinski definition) is 5. The highest BCUT2D eigenvalue weighted by Gasteiger charge is 2.17. The van der Waals surface area contributed by atoms with Gasteiger partial charge in [-0.1, -0.05) is 200 Å². The van der Waals surface area contributed by atoms with Crippen molar-refractivity contribution < 1.29 is 23.8 Å². The van der Waals surface area contributed by atoms with Crippen LogP contribution in [-0.4, -0.2) is 37.9 Å². The maximum Gasteiger partial charge on any atom is 0.306 e. The molecule has 1 unspecified atom stereocenters. The molecule has 0 aromatic carbocycles. The second-order valence-corrected chi connectivity index (χ2v) is 16.7. The molecule has 0 fully saturated rings. The number of carbonyl (C=O) groups is 2. The van der Waals surface area contributed by atoms with Gasteiger partial charge >= 0.3 is 11.9 Å². The Labute approximate surface area is 395 Å². The predicted octanol–water partition coefficient (Wildman–Crippen LogP) is 17.8. The lowest BCUT2D eigenvalue weighted by Crippen LogP contribution is -2.30. The molecule has 0 aliphatic heterocycles. The SMILES string of the molecule is CC/C=C\C/C=C\C/C=C\C/C=C\CCCCCCCCCOCC(COC(=O)CCCC/C=C\C/C=C\C/C=C\C/C=C\CC)OC(=O)CCCCCCC/C=C\C/C=C\CCC. The quantitative estimate of drug-likeness (QED) is 0.0346. The standard InChI is InChI=1S/C59H96O5/c1-4-7-10-13-16-19-22-25-27-28-29-30-31-33-36-39-42-45-48-51-54-62-55-57(64-59(61)53-50-47-44-41-38-34-24-21-18-15-12-9-6-3)56-63-58(60)52-49-46-43-40-37-35-32-26-23-20-17-14-11-8-5-2/h7-8,10-12,15-17,19-21,24-27,29-30,32,37,40,57H,4-6,9,13-14,18,22-23,28,31,33-36,38-39,41-56H2,1-3H3/b10-7-,11-8-,15-12-,19-16-,20-17-,24-21-,27-25-,30-29-,32-26-,40-37-. The molecule has 5 heteroatoms. The molecule has 0 bridgehead atoms. The van der Waals surface area contributed by atoms with Gasteiger partial charge in [0.25, 0.3) is 0 Å². The van der Waals surface area contributed by atoms with Gasteiger partial charge in [-0.25, -0.2) is 0 Å². The molecule has 0 aromatic rings. The minimum absolute atomic E-state index is 0.0459. The van der Waals surface area contributed by atoms with Crippen molar-refractivity contribution in [3.05, 3.63) is 122 Å². The first kappa shape index (κ1) is 60.3. The fraction of sp³-hybridized carbons (Fsp3) is 0.627. The lowest BCUT2D eigenvalue weighted by molar-refractivity contribution is -0.163. The summed E-state index contributed by atoms with van der Waals surface area (Å²) in [6.45, 7) is 7.44. The van der Waals surface area contributed by atoms with Gasteiger partial charge in [0.05, 0.1) is 6.61 Å². The first-order chi connectivity index (χ1) is 31.6. The van der Waals surface area contributed by atoms with E-state index in [9.17, 15) is 9.59 Å². The third-order valence-corrected chi connectivity index (χ3v) is 10.4. The summed E-state index contributed by atoms with van der Waals surface area (Å²) in [5.74, 6) is -0.476. The van der Waals surface area contributed by atoms with E-state index < -0.39 is 6.10 Å². The number of carbonyl (C=O) groups excluding carboxylic acids is 2. The van der Waals surface area contributed by atoms with Crippen LogP contribution in [0, 0.1) is 0 Å². The number of allylic oxidation sites excluding steroid dienone is 20. The van der Waals surface area contributed by atoms with Gasteiger partial charge in [0.15, 0.2) is 6.10 Å². The molecule has 0 N–H and O–H groups in total. The molecular formula is C59H96O5. The Morgan fingerprint density at radius 2 is 0.703 bits per heavy atom. The Bertz CT molecular complexity index is 1320. The highest BCUT2D eigenvalue weighted by atomic mass is 16.6. The predicted molar refractivity (Wildman–Crippen MR) is 279 cm³/mol. The zero-order valence-corrected chi connectivity index (χ0v) is 41.5. The van der Waals surface area contributed by atoms with Gasteiger partial charge < -0.3 is 14.2 Å². The normalized spacial score (nSPS) is 13.2. The van der Waals surface area contributed by atoms with E-state index in [4.69, 9.17) is 14.2 Å². The molecule has 0 aliphatic carbocycles. The number of rotatable bonds is 46. The Morgan fingerprint density at radius 1 is 0.359 bits per heavy atom. The third-order valence-electron chi connectivity index (χ3n) is 10.4. The number of unbranched alkanes of at least 4 members (excludes halogenated alkanes) is 15. The van der Waals surface area contributed by atoms with Crippen LogP contribution < -0.4 is 0 Å². The highest BCUT2D eigenvalue weighted by Crippen LogP contribution is 2.12. The molecule has 0 aromatic heterocycles. The summed E-state index contributed by atoms with van der Waals surface area (Å²) in [4.78, 5) is 25.4. The molecule has 1 atom stereocenters. The molecule has 362 valence electrons. The molecule has 5 nitrogen and oxygen atoms in total. The van der Waals surface area contributed by atoms with Gasteiger partial charge in [-0.2, -0.15) is 0 Å². The lowest BCUT2D eigenvalue weighted by atomic mass is 10.1. The van der Waals surface area contributed by atoms with Crippen LogP contribution in [0.2, 0.25) is 0 Å². The van der Waals surface area contributed by atoms with Gasteiger partial charge in [-0.05, 0) is 122 Å². The fourth-order valence-electron chi connectivity index (χ4n) is 6.65. The molecule has 0 spiro atoms. The third kappa shape index (κ3) is 50.9. The van der Waals surface area contributed by atoms with Crippen LogP contribution in [0.25, 0.3) is 0 Å². The van der Waals surface area contributed by atoms with Crippen molar-refractivity contribution in [1.29, 1.82) is 0 Å². The minimum Gasteiger partial charge on any atom is -0.462 e. The van der Waals surface area contributed by atoms with E-state index in [1.54, 1.807) is 0 Å². The van der Waals surface area contributed by atoms with Crippen LogP contribution in [-0.2, 0) is 23.8 Å². The zero-order chi connectivity index (χ0) is 46.3. The van der Waals surface area contributed by atoms with Crippen molar-refractivity contribution >= 4 is 11.9 Å². The monoisotopic (exact) mass is 885 g/mol. The molecule has 0 heterocycles. The molecule has 64 heavy (non-hydrogen) atoms. The topological polar surface area (TPSA) is 61.8 Å². The smallest absolute Gasteiger partial charge is 0.306 e. The summed E-state index contributed by atoms with van der Waals surface area (Å²) in [6.07, 6.45) is 75.0. The molecule has 0 saturated heterocycles. The van der Waals surface area contributed by atoms with Crippen LogP contribution >= 0.6 is 0 Å². The number of esters is 2. The van der Waals surface area contributed by atoms with Crippen LogP contribution in [0.4, 0.5) is 0 Å². The molecule has 0 radical (unpaired) electrons. The first-order valence-corrected chi connectivity index (χ1v) is 26.1. The maximum atomic E-state index is 12.8. The van der Waals surface area contributed by atoms with Crippen LogP contribution in [0.3, 0.4) is 0 Å². The Hall–Kier alpha value is -3.70. The van der Waals surface area contributed by atoms with E-state index in [1.165, 1.54) is 51.4 Å². The first-order valence-electron chi connectivity index (χ1n) is 26.1. The Balaban J connectivity index is 4.37. The number of hydrogen-bond donors (Lipinski definition) is 0. The highest BCUT2D eigenvalue weighted by molar-refractivity contribution is 5.70. The average Bonchev–Trinajstić information content (AvgIpc) is 3.30. The summed E-state index contributed by atoms with van der Waals surface area (Å²) in [7, 11) is 0. The van der Waals surface area contributed by atoms with E-state index in [-0.39, 0.29) is 25.2 Å². The van der Waals surface area contributed by atoms with Crippen molar-refractivity contribution in [1.82, 2.24) is 0 Å². The second kappa shape index (κ2) is 53.6. The fourth-order valence-corrected chi connectivity index (χ4v) is 6.65. The van der Waals surface area contributed by atoms with E-state index in [1.807, 2.05) is 0 Å². The number of ether oxygens (including phenoxy) is 3. The van der Waals surface area contributed by atoms with E-state index >= 15 is 0 Å². The van der Waals surface area contributed by atoms with E-state index in [0.717, 1.165) is 128 Å². The van der Waals surface area contributed by atoms with Gasteiger partial charge in [-0.15, -0.1) is 0 Å². The molecule has 0 amide bonds. The molecule has 0 saturated carbocycles. The Morgan fingerprint density at radius 3 is 1.16 bits per heavy atom. The minimum atomic E-state index is -0.574. The maximum absolute atomic E-state index is 12.8. The summed E-state index contributed by atoms with van der Waals surface area (Å²) >= 11 is 0. The summed E-state index contributed by atoms with van der Waals surface area (Å²) in [5.41, 5.74) is 0. The lowest BCUT2D eigenvalue weighted by Gasteiger charge is -2.18. The summed E-state index contributed by atoms with van der Waals surface area (Å²) in [5, 5.41) is 0. The van der Waals surface area contributed by atoms with Gasteiger partial charge in [0.1, 0.15) is 6.61 Å².